The van der Waals surface area contributed by atoms with Crippen molar-refractivity contribution in [3.05, 3.63) is 22.8 Å². The lowest BCUT2D eigenvalue weighted by Gasteiger charge is -2.42. The maximum atomic E-state index is 5.79. The zero-order chi connectivity index (χ0) is 8.13. The van der Waals surface area contributed by atoms with E-state index in [0.717, 1.165) is 11.7 Å². The lowest BCUT2D eigenvalue weighted by molar-refractivity contribution is 0.354. The van der Waals surface area contributed by atoms with E-state index in [1.54, 1.807) is 0 Å². The molecule has 0 radical (unpaired) electrons. The zero-order valence-corrected chi connectivity index (χ0v) is 7.30. The molecule has 1 aromatic rings. The molecular weight excluding hydrogens is 172 g/mol. The molecule has 3 heterocycles. The highest BCUT2D eigenvalue weighted by molar-refractivity contribution is 6.29. The van der Waals surface area contributed by atoms with Crippen LogP contribution < -0.4 is 5.32 Å². The van der Waals surface area contributed by atoms with Gasteiger partial charge in [-0.15, -0.1) is 0 Å². The number of anilines is 1. The quantitative estimate of drug-likeness (QED) is 0.621. The first-order valence-electron chi connectivity index (χ1n) is 4.26. The molecule has 1 N–H and O–H groups in total. The SMILES string of the molecule is Clc1ccc2c(n1)NC1CC2C1. The summed E-state index contributed by atoms with van der Waals surface area (Å²) < 4.78 is 0. The molecule has 0 saturated heterocycles. The Balaban J connectivity index is 2.14. The molecule has 2 bridgehead atoms. The Hall–Kier alpha value is -0.760. The van der Waals surface area contributed by atoms with Gasteiger partial charge in [0.05, 0.1) is 0 Å². The maximum absolute atomic E-state index is 5.79. The average molecular weight is 181 g/mol. The van der Waals surface area contributed by atoms with E-state index in [-0.39, 0.29) is 0 Å². The van der Waals surface area contributed by atoms with E-state index in [0.29, 0.717) is 11.2 Å². The Morgan fingerprint density at radius 1 is 1.42 bits per heavy atom. The largest absolute Gasteiger partial charge is 0.367 e. The van der Waals surface area contributed by atoms with Gasteiger partial charge in [0, 0.05) is 6.04 Å². The summed E-state index contributed by atoms with van der Waals surface area (Å²) in [4.78, 5) is 4.25. The van der Waals surface area contributed by atoms with Gasteiger partial charge >= 0.3 is 0 Å². The summed E-state index contributed by atoms with van der Waals surface area (Å²) in [5.41, 5.74) is 1.35. The number of rotatable bonds is 0. The second-order valence-electron chi connectivity index (χ2n) is 3.58. The molecule has 0 atom stereocenters. The highest BCUT2D eigenvalue weighted by Crippen LogP contribution is 2.46. The summed E-state index contributed by atoms with van der Waals surface area (Å²) in [5.74, 6) is 1.76. The minimum atomic E-state index is 0.586. The minimum absolute atomic E-state index is 0.586. The fraction of sp³-hybridized carbons (Fsp3) is 0.444. The number of nitrogens with zero attached hydrogens (tertiary/aromatic N) is 1. The van der Waals surface area contributed by atoms with Crippen molar-refractivity contribution < 1.29 is 0 Å². The molecule has 4 rings (SSSR count). The highest BCUT2D eigenvalue weighted by Gasteiger charge is 2.37. The first-order chi connectivity index (χ1) is 5.83. The van der Waals surface area contributed by atoms with Crippen LogP contribution >= 0.6 is 11.6 Å². The standard InChI is InChI=1S/C9H9ClN2/c10-8-2-1-7-5-3-6(4-5)11-9(7)12-8/h1-2,5-6H,3-4H2,(H,11,12). The van der Waals surface area contributed by atoms with Gasteiger partial charge in [-0.25, -0.2) is 4.98 Å². The second kappa shape index (κ2) is 2.13. The fourth-order valence-corrected chi connectivity index (χ4v) is 2.22. The Bertz CT molecular complexity index is 331. The molecule has 12 heavy (non-hydrogen) atoms. The van der Waals surface area contributed by atoms with Gasteiger partial charge in [0.1, 0.15) is 11.0 Å². The van der Waals surface area contributed by atoms with Crippen molar-refractivity contribution in [3.63, 3.8) is 0 Å². The predicted octanol–water partition coefficient (Wildman–Crippen LogP) is 2.41. The van der Waals surface area contributed by atoms with Gasteiger partial charge in [0.15, 0.2) is 0 Å². The van der Waals surface area contributed by atoms with Crippen LogP contribution in [0.1, 0.15) is 24.3 Å². The van der Waals surface area contributed by atoms with Crippen molar-refractivity contribution in [3.8, 4) is 0 Å². The van der Waals surface area contributed by atoms with E-state index in [1.807, 2.05) is 6.07 Å². The van der Waals surface area contributed by atoms with Crippen LogP contribution in [0.4, 0.5) is 5.82 Å². The molecule has 3 aliphatic rings. The van der Waals surface area contributed by atoms with E-state index in [4.69, 9.17) is 11.6 Å². The number of nitrogens with one attached hydrogen (secondary N) is 1. The molecule has 0 amide bonds. The van der Waals surface area contributed by atoms with Gasteiger partial charge in [-0.05, 0) is 30.4 Å². The van der Waals surface area contributed by atoms with Gasteiger partial charge in [0.25, 0.3) is 0 Å². The monoisotopic (exact) mass is 180 g/mol. The van der Waals surface area contributed by atoms with Crippen LogP contribution in [0.15, 0.2) is 12.1 Å². The summed E-state index contributed by atoms with van der Waals surface area (Å²) >= 11 is 5.79. The molecule has 3 heteroatoms. The lowest BCUT2D eigenvalue weighted by atomic mass is 9.73. The normalized spacial score (nSPS) is 30.1. The molecule has 62 valence electrons. The first kappa shape index (κ1) is 6.72. The van der Waals surface area contributed by atoms with E-state index < -0.39 is 0 Å². The van der Waals surface area contributed by atoms with Crippen LogP contribution in [0.25, 0.3) is 0 Å². The Labute approximate surface area is 76.0 Å². The lowest BCUT2D eigenvalue weighted by Crippen LogP contribution is -2.39. The van der Waals surface area contributed by atoms with Crippen molar-refractivity contribution in [2.45, 2.75) is 24.8 Å². The topological polar surface area (TPSA) is 24.9 Å². The van der Waals surface area contributed by atoms with E-state index in [2.05, 4.69) is 16.4 Å². The fourth-order valence-electron chi connectivity index (χ4n) is 2.07. The molecular formula is C9H9ClN2. The van der Waals surface area contributed by atoms with Gasteiger partial charge in [-0.3, -0.25) is 0 Å². The molecule has 2 nitrogen and oxygen atoms in total. The van der Waals surface area contributed by atoms with Gasteiger partial charge in [0.2, 0.25) is 0 Å². The molecule has 0 aromatic carbocycles. The summed E-state index contributed by atoms with van der Waals surface area (Å²) in [7, 11) is 0. The predicted molar refractivity (Wildman–Crippen MR) is 48.6 cm³/mol. The van der Waals surface area contributed by atoms with Crippen LogP contribution in [-0.2, 0) is 0 Å². The Kier molecular flexibility index (Phi) is 1.20. The van der Waals surface area contributed by atoms with Crippen molar-refractivity contribution >= 4 is 17.4 Å². The van der Waals surface area contributed by atoms with Crippen LogP contribution in [-0.4, -0.2) is 11.0 Å². The molecule has 0 spiro atoms. The van der Waals surface area contributed by atoms with Crippen molar-refractivity contribution in [1.82, 2.24) is 4.98 Å². The third-order valence-corrected chi connectivity index (χ3v) is 3.02. The highest BCUT2D eigenvalue weighted by atomic mass is 35.5. The van der Waals surface area contributed by atoms with Crippen molar-refractivity contribution in [2.75, 3.05) is 5.32 Å². The van der Waals surface area contributed by atoms with E-state index in [9.17, 15) is 0 Å². The number of pyridine rings is 1. The molecule has 0 unspecified atom stereocenters. The van der Waals surface area contributed by atoms with E-state index in [1.165, 1.54) is 18.4 Å². The zero-order valence-electron chi connectivity index (χ0n) is 6.55. The van der Waals surface area contributed by atoms with E-state index >= 15 is 0 Å². The Morgan fingerprint density at radius 2 is 2.25 bits per heavy atom. The number of halogens is 1. The number of aromatic nitrogens is 1. The van der Waals surface area contributed by atoms with Gasteiger partial charge in [-0.1, -0.05) is 17.7 Å². The van der Waals surface area contributed by atoms with Crippen LogP contribution in [0, 0.1) is 0 Å². The minimum Gasteiger partial charge on any atom is -0.367 e. The van der Waals surface area contributed by atoms with Crippen molar-refractivity contribution in [2.24, 2.45) is 0 Å². The third kappa shape index (κ3) is 0.787. The first-order valence-corrected chi connectivity index (χ1v) is 4.64. The van der Waals surface area contributed by atoms with Crippen LogP contribution in [0.5, 0.6) is 0 Å². The van der Waals surface area contributed by atoms with Crippen LogP contribution in [0.2, 0.25) is 5.15 Å². The molecule has 1 aromatic heterocycles. The molecule has 1 aliphatic carbocycles. The number of hydrogen-bond donors (Lipinski definition) is 1. The third-order valence-electron chi connectivity index (χ3n) is 2.81. The smallest absolute Gasteiger partial charge is 0.131 e. The molecule has 2 aliphatic heterocycles. The van der Waals surface area contributed by atoms with Gasteiger partial charge < -0.3 is 5.32 Å². The van der Waals surface area contributed by atoms with Crippen LogP contribution in [0.3, 0.4) is 0 Å². The summed E-state index contributed by atoms with van der Waals surface area (Å²) in [5, 5.41) is 3.96. The maximum Gasteiger partial charge on any atom is 0.131 e. The van der Waals surface area contributed by atoms with Crippen molar-refractivity contribution in [1.29, 1.82) is 0 Å². The molecule has 1 fully saturated rings. The summed E-state index contributed by atoms with van der Waals surface area (Å²) in [6.45, 7) is 0. The second-order valence-corrected chi connectivity index (χ2v) is 3.97. The van der Waals surface area contributed by atoms with Gasteiger partial charge in [-0.2, -0.15) is 0 Å². The number of hydrogen-bond acceptors (Lipinski definition) is 2. The Morgan fingerprint density at radius 3 is 3.08 bits per heavy atom. The summed E-state index contributed by atoms with van der Waals surface area (Å²) in [6.07, 6.45) is 2.55. The summed E-state index contributed by atoms with van der Waals surface area (Å²) in [6, 6.07) is 4.63. The molecule has 1 saturated carbocycles. The average Bonchev–Trinajstić information content (AvgIpc) is 2.01.